The van der Waals surface area contributed by atoms with Gasteiger partial charge in [0.2, 0.25) is 0 Å². The summed E-state index contributed by atoms with van der Waals surface area (Å²) in [5.41, 5.74) is 1.95. The highest BCUT2D eigenvalue weighted by Crippen LogP contribution is 2.37. The Morgan fingerprint density at radius 3 is 2.47 bits per heavy atom. The Bertz CT molecular complexity index is 2130. The predicted molar refractivity (Wildman–Crippen MR) is 188 cm³/mol. The van der Waals surface area contributed by atoms with Crippen LogP contribution in [0.5, 0.6) is 17.2 Å². The number of ether oxygens (including phenoxy) is 5. The average Bonchev–Trinajstić information content (AvgIpc) is 3.36. The molecule has 1 aliphatic heterocycles. The van der Waals surface area contributed by atoms with Gasteiger partial charge >= 0.3 is 11.9 Å². The topological polar surface area (TPSA) is 115 Å². The van der Waals surface area contributed by atoms with Gasteiger partial charge in [0, 0.05) is 15.6 Å². The first-order valence-corrected chi connectivity index (χ1v) is 17.0. The summed E-state index contributed by atoms with van der Waals surface area (Å²) in [6.45, 7) is 5.40. The Morgan fingerprint density at radius 2 is 1.76 bits per heavy atom. The second-order valence-electron chi connectivity index (χ2n) is 10.5. The minimum Gasteiger partial charge on any atom is -0.490 e. The largest absolute Gasteiger partial charge is 0.490 e. The molecule has 1 atom stereocenters. The fourth-order valence-electron chi connectivity index (χ4n) is 5.15. The maximum atomic E-state index is 14.3. The zero-order valence-electron chi connectivity index (χ0n) is 26.9. The Hall–Kier alpha value is -4.29. The fourth-order valence-corrected chi connectivity index (χ4v) is 6.96. The molecule has 14 heteroatoms. The number of hydrogen-bond acceptors (Lipinski definition) is 10. The summed E-state index contributed by atoms with van der Waals surface area (Å²) in [6.07, 6.45) is 1.63. The lowest BCUT2D eigenvalue weighted by atomic mass is 9.95. The average molecular weight is 746 g/mol. The van der Waals surface area contributed by atoms with Gasteiger partial charge < -0.3 is 23.7 Å². The summed E-state index contributed by atoms with van der Waals surface area (Å²) in [6, 6.07) is 14.4. The van der Waals surface area contributed by atoms with Crippen LogP contribution in [0.15, 0.2) is 75.7 Å². The van der Waals surface area contributed by atoms with Crippen LogP contribution in [0.2, 0.25) is 15.1 Å². The van der Waals surface area contributed by atoms with Crippen LogP contribution in [-0.4, -0.2) is 43.4 Å². The van der Waals surface area contributed by atoms with Gasteiger partial charge in [0.1, 0.15) is 12.4 Å². The molecule has 49 heavy (non-hydrogen) atoms. The molecule has 0 N–H and O–H groups in total. The van der Waals surface area contributed by atoms with Crippen molar-refractivity contribution < 1.29 is 33.3 Å². The normalized spacial score (nSPS) is 14.2. The van der Waals surface area contributed by atoms with E-state index in [0.717, 1.165) is 16.9 Å². The number of esters is 2. The first-order valence-electron chi connectivity index (χ1n) is 15.1. The molecule has 0 bridgehead atoms. The molecule has 256 valence electrons. The highest BCUT2D eigenvalue weighted by atomic mass is 35.5. The van der Waals surface area contributed by atoms with E-state index in [-0.39, 0.29) is 47.3 Å². The number of nitrogens with zero attached hydrogens (tertiary/aromatic N) is 2. The maximum Gasteiger partial charge on any atom is 0.343 e. The number of rotatable bonds is 12. The molecule has 5 rings (SSSR count). The quantitative estimate of drug-likeness (QED) is 0.156. The second-order valence-corrected chi connectivity index (χ2v) is 12.8. The number of hydrogen-bond donors (Lipinski definition) is 0. The third-order valence-electron chi connectivity index (χ3n) is 7.27. The molecule has 0 radical (unpaired) electrons. The van der Waals surface area contributed by atoms with Crippen molar-refractivity contribution in [2.45, 2.75) is 33.4 Å². The Morgan fingerprint density at radius 1 is 0.959 bits per heavy atom. The van der Waals surface area contributed by atoms with Crippen molar-refractivity contribution in [3.05, 3.63) is 117 Å². The molecular formula is C35H31Cl3N2O8S. The van der Waals surface area contributed by atoms with Crippen LogP contribution >= 0.6 is 46.1 Å². The number of carbonyl (C=O) groups is 2. The van der Waals surface area contributed by atoms with Gasteiger partial charge in [-0.3, -0.25) is 9.36 Å². The highest BCUT2D eigenvalue weighted by Gasteiger charge is 2.34. The fraction of sp³-hybridized carbons (Fsp3) is 0.257. The van der Waals surface area contributed by atoms with Gasteiger partial charge in [-0.2, -0.15) is 0 Å². The van der Waals surface area contributed by atoms with Gasteiger partial charge in [-0.15, -0.1) is 0 Å². The Labute approximate surface area is 300 Å². The monoisotopic (exact) mass is 744 g/mol. The predicted octanol–water partition coefficient (Wildman–Crippen LogP) is 6.29. The highest BCUT2D eigenvalue weighted by molar-refractivity contribution is 7.07. The summed E-state index contributed by atoms with van der Waals surface area (Å²) in [5.74, 6) is -0.282. The summed E-state index contributed by atoms with van der Waals surface area (Å²) in [5, 5.41) is 1.16. The number of aromatic nitrogens is 1. The standard InChI is InChI=1S/C35H31Cl3N2O8S/c1-5-45-27-14-21(10-11-26(27)47-18-29(41)44-4)31-30(34(43)46-6-2)19(3)39-35-40(31)33(42)28(49-35)15-22-13-24(37)16-25(38)32(22)48-17-20-8-7-9-23(36)12-20/h7-16,31H,5-6,17-18H2,1-4H3/b28-15+/t31-/m1/s1. The minimum absolute atomic E-state index is 0.116. The number of fused-ring (bicyclic) bond motifs is 1. The molecule has 1 aromatic heterocycles. The molecule has 10 nitrogen and oxygen atoms in total. The number of allylic oxidation sites excluding steroid dienone is 1. The van der Waals surface area contributed by atoms with Crippen molar-refractivity contribution in [3.63, 3.8) is 0 Å². The van der Waals surface area contributed by atoms with E-state index in [2.05, 4.69) is 9.73 Å². The third-order valence-corrected chi connectivity index (χ3v) is 8.99. The van der Waals surface area contributed by atoms with Crippen molar-refractivity contribution in [1.82, 2.24) is 4.57 Å². The van der Waals surface area contributed by atoms with Gasteiger partial charge in [-0.1, -0.05) is 64.3 Å². The van der Waals surface area contributed by atoms with Crippen molar-refractivity contribution in [2.24, 2.45) is 4.99 Å². The maximum absolute atomic E-state index is 14.3. The zero-order valence-corrected chi connectivity index (χ0v) is 30.0. The van der Waals surface area contributed by atoms with Crippen LogP contribution in [0.1, 0.15) is 43.5 Å². The zero-order chi connectivity index (χ0) is 35.2. The summed E-state index contributed by atoms with van der Waals surface area (Å²) in [4.78, 5) is 44.4. The lowest BCUT2D eigenvalue weighted by Gasteiger charge is -2.25. The van der Waals surface area contributed by atoms with Gasteiger partial charge in [0.05, 0.1) is 47.2 Å². The first kappa shape index (κ1) is 36.0. The summed E-state index contributed by atoms with van der Waals surface area (Å²) < 4.78 is 29.4. The van der Waals surface area contributed by atoms with E-state index in [9.17, 15) is 14.4 Å². The number of thiazole rings is 1. The van der Waals surface area contributed by atoms with E-state index in [4.69, 9.17) is 53.8 Å². The van der Waals surface area contributed by atoms with Gasteiger partial charge in [-0.05, 0) is 74.4 Å². The molecule has 0 amide bonds. The molecule has 1 aliphatic rings. The van der Waals surface area contributed by atoms with E-state index in [0.29, 0.717) is 43.2 Å². The van der Waals surface area contributed by atoms with Crippen LogP contribution < -0.4 is 29.1 Å². The van der Waals surface area contributed by atoms with Gasteiger partial charge in [-0.25, -0.2) is 14.6 Å². The van der Waals surface area contributed by atoms with Crippen LogP contribution in [0.3, 0.4) is 0 Å². The SMILES string of the molecule is CCOC(=O)C1=C(C)N=c2s/c(=C/c3cc(Cl)cc(Cl)c3OCc3cccc(Cl)c3)c(=O)n2[C@@H]1c1ccc(OCC(=O)OC)c(OCC)c1. The number of halogens is 3. The van der Waals surface area contributed by atoms with E-state index in [1.54, 1.807) is 69.3 Å². The number of carbonyl (C=O) groups excluding carboxylic acids is 2. The van der Waals surface area contributed by atoms with Gasteiger partial charge in [0.15, 0.2) is 22.9 Å². The summed E-state index contributed by atoms with van der Waals surface area (Å²) >= 11 is 20.3. The molecule has 3 aromatic carbocycles. The lowest BCUT2D eigenvalue weighted by molar-refractivity contribution is -0.143. The Kier molecular flexibility index (Phi) is 11.7. The Balaban J connectivity index is 1.64. The molecule has 0 saturated carbocycles. The van der Waals surface area contributed by atoms with Crippen LogP contribution in [-0.2, 0) is 25.7 Å². The van der Waals surface area contributed by atoms with Crippen molar-refractivity contribution >= 4 is 64.2 Å². The number of benzene rings is 3. The molecule has 0 spiro atoms. The number of methoxy groups -OCH3 is 1. The molecule has 0 saturated heterocycles. The lowest BCUT2D eigenvalue weighted by Crippen LogP contribution is -2.40. The molecule has 0 aliphatic carbocycles. The minimum atomic E-state index is -0.937. The first-order chi connectivity index (χ1) is 23.5. The molecule has 0 fully saturated rings. The molecular weight excluding hydrogens is 715 g/mol. The van der Waals surface area contributed by atoms with Crippen LogP contribution in [0, 0.1) is 0 Å². The van der Waals surface area contributed by atoms with E-state index in [1.807, 2.05) is 12.1 Å². The van der Waals surface area contributed by atoms with E-state index < -0.39 is 23.5 Å². The molecule has 4 aromatic rings. The molecule has 0 unspecified atom stereocenters. The van der Waals surface area contributed by atoms with Crippen LogP contribution in [0.25, 0.3) is 6.08 Å². The van der Waals surface area contributed by atoms with E-state index >= 15 is 0 Å². The van der Waals surface area contributed by atoms with Crippen molar-refractivity contribution in [1.29, 1.82) is 0 Å². The molecule has 2 heterocycles. The third kappa shape index (κ3) is 8.13. The second kappa shape index (κ2) is 15.9. The van der Waals surface area contributed by atoms with Crippen molar-refractivity contribution in [3.8, 4) is 17.2 Å². The van der Waals surface area contributed by atoms with Crippen LogP contribution in [0.4, 0.5) is 0 Å². The van der Waals surface area contributed by atoms with E-state index in [1.165, 1.54) is 11.7 Å². The smallest absolute Gasteiger partial charge is 0.343 e. The van der Waals surface area contributed by atoms with Crippen molar-refractivity contribution in [2.75, 3.05) is 26.9 Å². The van der Waals surface area contributed by atoms with Gasteiger partial charge in [0.25, 0.3) is 5.56 Å². The summed E-state index contributed by atoms with van der Waals surface area (Å²) in [7, 11) is 1.26.